The van der Waals surface area contributed by atoms with Crippen LogP contribution in [0.3, 0.4) is 0 Å². The summed E-state index contributed by atoms with van der Waals surface area (Å²) >= 11 is 11.0. The summed E-state index contributed by atoms with van der Waals surface area (Å²) in [5.41, 5.74) is 2.55. The quantitative estimate of drug-likeness (QED) is 0.371. The molecule has 1 nitrogen and oxygen atoms in total. The fourth-order valence-electron chi connectivity index (χ4n) is 2.67. The van der Waals surface area contributed by atoms with Crippen LogP contribution in [0.5, 0.6) is 0 Å². The van der Waals surface area contributed by atoms with Gasteiger partial charge in [-0.25, -0.2) is 0 Å². The van der Waals surface area contributed by atoms with E-state index in [1.807, 2.05) is 0 Å². The van der Waals surface area contributed by atoms with Crippen LogP contribution in [-0.2, 0) is 0 Å². The van der Waals surface area contributed by atoms with Gasteiger partial charge in [0.2, 0.25) is 0 Å². The van der Waals surface area contributed by atoms with Crippen LogP contribution in [0, 0.1) is 0 Å². The van der Waals surface area contributed by atoms with Gasteiger partial charge >= 0.3 is 0 Å². The summed E-state index contributed by atoms with van der Waals surface area (Å²) in [5, 5.41) is 2.58. The lowest BCUT2D eigenvalue weighted by atomic mass is 10.2. The van der Waals surface area contributed by atoms with Gasteiger partial charge in [-0.3, -0.25) is 0 Å². The van der Waals surface area contributed by atoms with Gasteiger partial charge in [-0.1, -0.05) is 61.1 Å². The molecule has 0 fully saturated rings. The van der Waals surface area contributed by atoms with Crippen molar-refractivity contribution in [3.63, 3.8) is 0 Å². The fourth-order valence-corrected chi connectivity index (χ4v) is 4.29. The van der Waals surface area contributed by atoms with E-state index in [-0.39, 0.29) is 0 Å². The van der Waals surface area contributed by atoms with Crippen LogP contribution in [0.1, 0.15) is 24.7 Å². The number of halogens is 3. The van der Waals surface area contributed by atoms with Gasteiger partial charge in [-0.15, -0.1) is 0 Å². The first-order valence-corrected chi connectivity index (χ1v) is 9.14. The van der Waals surface area contributed by atoms with Crippen LogP contribution >= 0.6 is 47.8 Å². The molecule has 0 saturated carbocycles. The second kappa shape index (κ2) is 5.82. The lowest BCUT2D eigenvalue weighted by Gasteiger charge is -2.14. The molecule has 0 bridgehead atoms. The number of hydrogen-bond donors (Lipinski definition) is 0. The Morgan fingerprint density at radius 2 is 1.45 bits per heavy atom. The Hall–Kier alpha value is -0.320. The van der Waals surface area contributed by atoms with Crippen LogP contribution in [-0.4, -0.2) is 4.57 Å². The lowest BCUT2D eigenvalue weighted by Crippen LogP contribution is -2.01. The molecule has 3 aromatic rings. The van der Waals surface area contributed by atoms with Crippen LogP contribution in [0.15, 0.2) is 45.3 Å². The maximum atomic E-state index is 3.84. The van der Waals surface area contributed by atoms with Crippen molar-refractivity contribution in [2.75, 3.05) is 0 Å². The Morgan fingerprint density at radius 1 is 0.950 bits per heavy atom. The van der Waals surface area contributed by atoms with Gasteiger partial charge in [-0.2, -0.15) is 0 Å². The molecule has 1 heterocycles. The summed E-state index contributed by atoms with van der Waals surface area (Å²) in [6.07, 6.45) is 2.27. The third-order valence-electron chi connectivity index (χ3n) is 3.53. The van der Waals surface area contributed by atoms with Crippen molar-refractivity contribution in [1.82, 2.24) is 4.57 Å². The zero-order valence-electron chi connectivity index (χ0n) is 11.0. The number of rotatable bonds is 3. The van der Waals surface area contributed by atoms with Gasteiger partial charge in [0.25, 0.3) is 0 Å². The summed E-state index contributed by atoms with van der Waals surface area (Å²) in [5.74, 6) is 0. The van der Waals surface area contributed by atoms with E-state index in [1.165, 1.54) is 21.8 Å². The third-order valence-corrected chi connectivity index (χ3v) is 5.39. The Morgan fingerprint density at radius 3 is 1.90 bits per heavy atom. The smallest absolute Gasteiger partial charge is 0.0894 e. The molecular weight excluding hydrogens is 446 g/mol. The lowest BCUT2D eigenvalue weighted by molar-refractivity contribution is 0.657. The van der Waals surface area contributed by atoms with Crippen LogP contribution < -0.4 is 0 Å². The largest absolute Gasteiger partial charge is 0.327 e. The molecule has 0 saturated heterocycles. The molecule has 1 aromatic heterocycles. The van der Waals surface area contributed by atoms with Crippen molar-refractivity contribution < 1.29 is 0 Å². The Kier molecular flexibility index (Phi) is 4.25. The van der Waals surface area contributed by atoms with E-state index in [2.05, 4.69) is 95.7 Å². The number of aromatic nitrogens is 1. The van der Waals surface area contributed by atoms with Gasteiger partial charge in [-0.05, 0) is 42.8 Å². The molecule has 4 heteroatoms. The maximum Gasteiger partial charge on any atom is 0.0894 e. The first-order valence-electron chi connectivity index (χ1n) is 6.64. The minimum Gasteiger partial charge on any atom is -0.327 e. The maximum absolute atomic E-state index is 3.84. The van der Waals surface area contributed by atoms with E-state index < -0.39 is 0 Å². The molecular formula is C16H14Br3N. The number of benzene rings is 2. The molecule has 0 spiro atoms. The minimum atomic E-state index is 0.329. The highest BCUT2D eigenvalue weighted by Crippen LogP contribution is 2.37. The molecule has 1 atom stereocenters. The molecule has 0 N–H and O–H groups in total. The van der Waals surface area contributed by atoms with E-state index in [4.69, 9.17) is 0 Å². The highest BCUT2D eigenvalue weighted by Gasteiger charge is 2.16. The van der Waals surface area contributed by atoms with Crippen molar-refractivity contribution in [1.29, 1.82) is 0 Å². The van der Waals surface area contributed by atoms with Crippen molar-refractivity contribution in [3.05, 3.63) is 45.3 Å². The Labute approximate surface area is 143 Å². The second-order valence-electron chi connectivity index (χ2n) is 4.92. The van der Waals surface area contributed by atoms with Crippen LogP contribution in [0.25, 0.3) is 21.8 Å². The highest BCUT2D eigenvalue weighted by molar-refractivity contribution is 9.10. The van der Waals surface area contributed by atoms with Gasteiger partial charge in [0, 0.05) is 19.7 Å². The standard InChI is InChI=1S/C16H14Br3N/c1-2-3-16(19)20-14-6-4-10(17)8-12(14)13-9-11(18)5-7-15(13)20/h4-9,16H,2-3H2,1H3. The molecule has 1 unspecified atom stereocenters. The zero-order chi connectivity index (χ0) is 14.3. The third kappa shape index (κ3) is 2.46. The van der Waals surface area contributed by atoms with Gasteiger partial charge in [0.05, 0.1) is 16.0 Å². The van der Waals surface area contributed by atoms with Crippen LogP contribution in [0.4, 0.5) is 0 Å². The molecule has 0 amide bonds. The molecule has 20 heavy (non-hydrogen) atoms. The normalized spacial score (nSPS) is 13.2. The number of fused-ring (bicyclic) bond motifs is 3. The Balaban J connectivity index is 2.40. The minimum absolute atomic E-state index is 0.329. The van der Waals surface area contributed by atoms with Crippen molar-refractivity contribution in [2.45, 2.75) is 24.7 Å². The molecule has 0 aliphatic carbocycles. The fraction of sp³-hybridized carbons (Fsp3) is 0.250. The molecule has 2 aromatic carbocycles. The summed E-state index contributed by atoms with van der Waals surface area (Å²) in [4.78, 5) is 0.329. The van der Waals surface area contributed by atoms with Crippen LogP contribution in [0.2, 0.25) is 0 Å². The predicted molar refractivity (Wildman–Crippen MR) is 97.7 cm³/mol. The Bertz CT molecular complexity index is 717. The number of alkyl halides is 1. The summed E-state index contributed by atoms with van der Waals surface area (Å²) in [6.45, 7) is 2.22. The van der Waals surface area contributed by atoms with E-state index in [9.17, 15) is 0 Å². The molecule has 3 rings (SSSR count). The first kappa shape index (κ1) is 14.6. The van der Waals surface area contributed by atoms with Crippen molar-refractivity contribution in [3.8, 4) is 0 Å². The topological polar surface area (TPSA) is 4.93 Å². The molecule has 0 aliphatic rings. The monoisotopic (exact) mass is 457 g/mol. The number of nitrogens with zero attached hydrogens (tertiary/aromatic N) is 1. The first-order chi connectivity index (χ1) is 9.61. The SMILES string of the molecule is CCCC(Br)n1c2ccc(Br)cc2c2cc(Br)ccc21. The van der Waals surface area contributed by atoms with Crippen molar-refractivity contribution >= 4 is 69.6 Å². The van der Waals surface area contributed by atoms with Gasteiger partial charge < -0.3 is 4.57 Å². The van der Waals surface area contributed by atoms with E-state index in [0.717, 1.165) is 21.8 Å². The molecule has 104 valence electrons. The van der Waals surface area contributed by atoms with E-state index in [0.29, 0.717) is 4.95 Å². The van der Waals surface area contributed by atoms with E-state index in [1.54, 1.807) is 0 Å². The average molecular weight is 460 g/mol. The van der Waals surface area contributed by atoms with Gasteiger partial charge in [0.15, 0.2) is 0 Å². The van der Waals surface area contributed by atoms with E-state index >= 15 is 0 Å². The second-order valence-corrected chi connectivity index (χ2v) is 7.80. The van der Waals surface area contributed by atoms with Gasteiger partial charge in [0.1, 0.15) is 0 Å². The summed E-state index contributed by atoms with van der Waals surface area (Å²) in [6, 6.07) is 13.0. The summed E-state index contributed by atoms with van der Waals surface area (Å²) in [7, 11) is 0. The summed E-state index contributed by atoms with van der Waals surface area (Å²) < 4.78 is 4.63. The number of hydrogen-bond acceptors (Lipinski definition) is 0. The van der Waals surface area contributed by atoms with Crippen molar-refractivity contribution in [2.24, 2.45) is 0 Å². The molecule has 0 aliphatic heterocycles. The molecule has 0 radical (unpaired) electrons. The predicted octanol–water partition coefficient (Wildman–Crippen LogP) is 7.01. The average Bonchev–Trinajstić information content (AvgIpc) is 2.72. The highest BCUT2D eigenvalue weighted by atomic mass is 79.9. The zero-order valence-corrected chi connectivity index (χ0v) is 15.8.